The predicted molar refractivity (Wildman–Crippen MR) is 111 cm³/mol. The molecule has 30 heavy (non-hydrogen) atoms. The maximum atomic E-state index is 11.8. The van der Waals surface area contributed by atoms with Crippen LogP contribution in [-0.4, -0.2) is 87.6 Å². The van der Waals surface area contributed by atoms with Crippen molar-refractivity contribution in [3.05, 3.63) is 0 Å². The summed E-state index contributed by atoms with van der Waals surface area (Å²) in [6.45, 7) is 2.85. The van der Waals surface area contributed by atoms with Gasteiger partial charge in [-0.25, -0.2) is 10.3 Å². The molecule has 0 aliphatic carbocycles. The van der Waals surface area contributed by atoms with Gasteiger partial charge in [-0.15, -0.1) is 0 Å². The highest BCUT2D eigenvalue weighted by molar-refractivity contribution is 8.00. The van der Waals surface area contributed by atoms with Gasteiger partial charge in [-0.2, -0.15) is 11.8 Å². The van der Waals surface area contributed by atoms with Gasteiger partial charge in [0.1, 0.15) is 6.29 Å². The number of ether oxygens (including phenoxy) is 3. The molecule has 3 atom stereocenters. The highest BCUT2D eigenvalue weighted by atomic mass is 32.2. The summed E-state index contributed by atoms with van der Waals surface area (Å²) in [7, 11) is 0. The summed E-state index contributed by atoms with van der Waals surface area (Å²) in [5.41, 5.74) is 2.43. The van der Waals surface area contributed by atoms with Gasteiger partial charge >= 0.3 is 6.03 Å². The van der Waals surface area contributed by atoms with Crippen molar-refractivity contribution in [3.63, 3.8) is 0 Å². The molecule has 0 bridgehead atoms. The SMILES string of the molecule is O=CCCOCCOCCOCCONC(=O)CCCCC1SCC2NC(=O)NC21. The molecule has 172 valence electrons. The number of aldehydes is 1. The number of hydroxylamine groups is 1. The fourth-order valence-corrected chi connectivity index (χ4v) is 4.77. The van der Waals surface area contributed by atoms with E-state index in [-0.39, 0.29) is 30.6 Å². The van der Waals surface area contributed by atoms with Crippen LogP contribution in [-0.2, 0) is 28.6 Å². The van der Waals surface area contributed by atoms with Gasteiger partial charge in [0.15, 0.2) is 0 Å². The topological polar surface area (TPSA) is 124 Å². The maximum Gasteiger partial charge on any atom is 0.315 e. The minimum Gasteiger partial charge on any atom is -0.379 e. The third-order valence-corrected chi connectivity index (χ3v) is 6.23. The molecule has 3 N–H and O–H groups in total. The lowest BCUT2D eigenvalue weighted by Gasteiger charge is -2.16. The van der Waals surface area contributed by atoms with Crippen LogP contribution in [0.25, 0.3) is 0 Å². The molecule has 2 saturated heterocycles. The molecule has 3 amide bonds. The van der Waals surface area contributed by atoms with Crippen molar-refractivity contribution in [2.24, 2.45) is 0 Å². The van der Waals surface area contributed by atoms with E-state index in [0.717, 1.165) is 31.3 Å². The van der Waals surface area contributed by atoms with Gasteiger partial charge in [0, 0.05) is 23.8 Å². The Bertz CT molecular complexity index is 526. The van der Waals surface area contributed by atoms with Crippen molar-refractivity contribution in [3.8, 4) is 0 Å². The van der Waals surface area contributed by atoms with Gasteiger partial charge in [-0.1, -0.05) is 6.42 Å². The fourth-order valence-electron chi connectivity index (χ4n) is 3.23. The average molecular weight is 448 g/mol. The molecule has 11 heteroatoms. The predicted octanol–water partition coefficient (Wildman–Crippen LogP) is 0.399. The highest BCUT2D eigenvalue weighted by Crippen LogP contribution is 2.33. The van der Waals surface area contributed by atoms with Gasteiger partial charge in [0.05, 0.1) is 58.3 Å². The molecule has 0 aromatic carbocycles. The largest absolute Gasteiger partial charge is 0.379 e. The maximum absolute atomic E-state index is 11.8. The summed E-state index contributed by atoms with van der Waals surface area (Å²) in [5.74, 6) is 0.814. The lowest BCUT2D eigenvalue weighted by Crippen LogP contribution is -2.36. The molecule has 2 aliphatic rings. The molecule has 10 nitrogen and oxygen atoms in total. The Kier molecular flexibility index (Phi) is 12.8. The van der Waals surface area contributed by atoms with Crippen molar-refractivity contribution in [1.29, 1.82) is 0 Å². The highest BCUT2D eigenvalue weighted by Gasteiger charge is 2.42. The number of urea groups is 1. The second-order valence-corrected chi connectivity index (χ2v) is 8.31. The van der Waals surface area contributed by atoms with Crippen LogP contribution in [0.1, 0.15) is 32.1 Å². The first kappa shape index (κ1) is 24.9. The van der Waals surface area contributed by atoms with E-state index in [1.807, 2.05) is 11.8 Å². The second kappa shape index (κ2) is 15.4. The number of carbonyl (C=O) groups is 3. The number of rotatable bonds is 18. The van der Waals surface area contributed by atoms with Crippen LogP contribution in [0.4, 0.5) is 4.79 Å². The number of thioether (sulfide) groups is 1. The first-order valence-corrected chi connectivity index (χ1v) is 11.5. The number of unbranched alkanes of at least 4 members (excludes halogenated alkanes) is 1. The van der Waals surface area contributed by atoms with Crippen molar-refractivity contribution in [2.45, 2.75) is 49.4 Å². The summed E-state index contributed by atoms with van der Waals surface area (Å²) >= 11 is 1.88. The van der Waals surface area contributed by atoms with E-state index in [4.69, 9.17) is 19.0 Å². The van der Waals surface area contributed by atoms with Gasteiger partial charge in [-0.3, -0.25) is 9.63 Å². The standard InChI is InChI=1S/C19H33N3O7S/c23-6-3-7-26-8-9-27-10-11-28-12-13-29-22-17(24)5-2-1-4-16-18-15(14-30-16)20-19(25)21-18/h6,15-16,18H,1-5,7-14H2,(H,22,24)(H2,20,21,25). The minimum atomic E-state index is -0.138. The lowest BCUT2D eigenvalue weighted by molar-refractivity contribution is -0.135. The van der Waals surface area contributed by atoms with E-state index in [0.29, 0.717) is 57.7 Å². The number of hydrogen-bond acceptors (Lipinski definition) is 8. The summed E-state index contributed by atoms with van der Waals surface area (Å²) in [6.07, 6.45) is 4.36. The normalized spacial score (nSPS) is 22.4. The van der Waals surface area contributed by atoms with E-state index in [1.54, 1.807) is 0 Å². The number of hydrogen-bond donors (Lipinski definition) is 3. The third kappa shape index (κ3) is 10.1. The number of nitrogens with one attached hydrogen (secondary N) is 3. The molecule has 2 rings (SSSR count). The Morgan fingerprint density at radius 1 is 1.03 bits per heavy atom. The third-order valence-electron chi connectivity index (χ3n) is 4.72. The van der Waals surface area contributed by atoms with Crippen LogP contribution in [0.2, 0.25) is 0 Å². The zero-order valence-corrected chi connectivity index (χ0v) is 18.1. The Morgan fingerprint density at radius 3 is 2.47 bits per heavy atom. The number of fused-ring (bicyclic) bond motifs is 1. The zero-order chi connectivity index (χ0) is 21.4. The van der Waals surface area contributed by atoms with Crippen LogP contribution in [0.5, 0.6) is 0 Å². The molecule has 0 spiro atoms. The van der Waals surface area contributed by atoms with Gasteiger partial charge in [0.2, 0.25) is 5.91 Å². The second-order valence-electron chi connectivity index (χ2n) is 7.03. The molecule has 0 aromatic rings. The minimum absolute atomic E-state index is 0.0691. The smallest absolute Gasteiger partial charge is 0.315 e. The van der Waals surface area contributed by atoms with Crippen LogP contribution >= 0.6 is 11.8 Å². The van der Waals surface area contributed by atoms with Gasteiger partial charge in [-0.05, 0) is 12.8 Å². The molecule has 2 aliphatic heterocycles. The summed E-state index contributed by atoms with van der Waals surface area (Å²) in [4.78, 5) is 38.3. The van der Waals surface area contributed by atoms with Crippen molar-refractivity contribution >= 4 is 30.0 Å². The zero-order valence-electron chi connectivity index (χ0n) is 17.3. The lowest BCUT2D eigenvalue weighted by atomic mass is 10.0. The molecule has 2 heterocycles. The Hall–Kier alpha value is -1.40. The van der Waals surface area contributed by atoms with Gasteiger partial charge < -0.3 is 29.6 Å². The van der Waals surface area contributed by atoms with E-state index < -0.39 is 0 Å². The fraction of sp³-hybridized carbons (Fsp3) is 0.842. The quantitative estimate of drug-likeness (QED) is 0.119. The van der Waals surface area contributed by atoms with E-state index in [2.05, 4.69) is 16.1 Å². The van der Waals surface area contributed by atoms with Crippen molar-refractivity contribution in [2.75, 3.05) is 52.0 Å². The summed E-state index contributed by atoms with van der Waals surface area (Å²) in [6, 6.07) is 0.387. The van der Waals surface area contributed by atoms with E-state index >= 15 is 0 Å². The first-order chi connectivity index (χ1) is 14.7. The molecule has 3 unspecified atom stereocenters. The number of carbonyl (C=O) groups excluding carboxylic acids is 3. The molecule has 0 saturated carbocycles. The van der Waals surface area contributed by atoms with E-state index in [1.165, 1.54) is 0 Å². The molecular weight excluding hydrogens is 414 g/mol. The summed E-state index contributed by atoms with van der Waals surface area (Å²) < 4.78 is 15.8. The van der Waals surface area contributed by atoms with Crippen LogP contribution < -0.4 is 16.1 Å². The molecule has 2 fully saturated rings. The molecule has 0 aromatic heterocycles. The average Bonchev–Trinajstić information content (AvgIpc) is 3.28. The summed E-state index contributed by atoms with van der Waals surface area (Å²) in [5, 5.41) is 6.33. The Labute approximate surface area is 181 Å². The Balaban J connectivity index is 1.31. The van der Waals surface area contributed by atoms with Crippen LogP contribution in [0.3, 0.4) is 0 Å². The first-order valence-electron chi connectivity index (χ1n) is 10.5. The monoisotopic (exact) mass is 447 g/mol. The molecular formula is C19H33N3O7S. The Morgan fingerprint density at radius 2 is 1.73 bits per heavy atom. The van der Waals surface area contributed by atoms with Crippen molar-refractivity contribution < 1.29 is 33.4 Å². The van der Waals surface area contributed by atoms with Crippen molar-refractivity contribution in [1.82, 2.24) is 16.1 Å². The van der Waals surface area contributed by atoms with Crippen LogP contribution in [0.15, 0.2) is 0 Å². The van der Waals surface area contributed by atoms with E-state index in [9.17, 15) is 14.4 Å². The van der Waals surface area contributed by atoms with Crippen LogP contribution in [0, 0.1) is 0 Å². The number of amides is 3. The van der Waals surface area contributed by atoms with Gasteiger partial charge in [0.25, 0.3) is 0 Å². The molecule has 0 radical (unpaired) electrons.